The molecule has 1 aromatic rings. The molecule has 0 spiro atoms. The molecule has 0 saturated carbocycles. The lowest BCUT2D eigenvalue weighted by molar-refractivity contribution is 0.220. The van der Waals surface area contributed by atoms with Crippen molar-refractivity contribution >= 4 is 17.3 Å². The average molecular weight is 313 g/mol. The fourth-order valence-corrected chi connectivity index (χ4v) is 3.11. The summed E-state index contributed by atoms with van der Waals surface area (Å²) in [5, 5.41) is 3.82. The first-order valence-corrected chi connectivity index (χ1v) is 8.03. The van der Waals surface area contributed by atoms with E-state index >= 15 is 0 Å². The second kappa shape index (κ2) is 6.13. The number of hydrogen-bond donors (Lipinski definition) is 1. The van der Waals surface area contributed by atoms with Crippen LogP contribution >= 0.6 is 11.6 Å². The van der Waals surface area contributed by atoms with Crippen molar-refractivity contribution in [3.05, 3.63) is 29.0 Å². The van der Waals surface area contributed by atoms with Crippen LogP contribution in [0.25, 0.3) is 0 Å². The standard InChI is InChI=1S/C17H26ClFN2/c1-11(2)14-9-20-15(17(3,4)5)10-21(14)13-8-6-7-12(18)16(13)19/h6-8,11,14-15,20H,9-10H2,1-5H3. The van der Waals surface area contributed by atoms with Gasteiger partial charge < -0.3 is 10.2 Å². The Bertz CT molecular complexity index is 496. The summed E-state index contributed by atoms with van der Waals surface area (Å²) in [6.45, 7) is 12.7. The van der Waals surface area contributed by atoms with Gasteiger partial charge in [-0.25, -0.2) is 4.39 Å². The number of halogens is 2. The minimum atomic E-state index is -0.306. The quantitative estimate of drug-likeness (QED) is 0.874. The van der Waals surface area contributed by atoms with Gasteiger partial charge in [0.2, 0.25) is 0 Å². The van der Waals surface area contributed by atoms with E-state index in [1.54, 1.807) is 6.07 Å². The minimum absolute atomic E-state index is 0.134. The van der Waals surface area contributed by atoms with Gasteiger partial charge in [0.15, 0.2) is 5.82 Å². The molecule has 2 nitrogen and oxygen atoms in total. The zero-order valence-electron chi connectivity index (χ0n) is 13.6. The maximum Gasteiger partial charge on any atom is 0.165 e. The molecule has 1 saturated heterocycles. The SMILES string of the molecule is CC(C)C1CNC(C(C)(C)C)CN1c1cccc(Cl)c1F. The van der Waals surface area contributed by atoms with Gasteiger partial charge in [0.25, 0.3) is 0 Å². The summed E-state index contributed by atoms with van der Waals surface area (Å²) in [6.07, 6.45) is 0. The lowest BCUT2D eigenvalue weighted by Crippen LogP contribution is -2.62. The summed E-state index contributed by atoms with van der Waals surface area (Å²) < 4.78 is 14.5. The second-order valence-corrected chi connectivity index (χ2v) is 7.77. The predicted molar refractivity (Wildman–Crippen MR) is 88.6 cm³/mol. The van der Waals surface area contributed by atoms with Gasteiger partial charge in [0.05, 0.1) is 10.7 Å². The highest BCUT2D eigenvalue weighted by molar-refractivity contribution is 6.31. The number of rotatable bonds is 2. The molecule has 2 atom stereocenters. The van der Waals surface area contributed by atoms with Gasteiger partial charge in [0.1, 0.15) is 0 Å². The minimum Gasteiger partial charge on any atom is -0.363 e. The third-order valence-corrected chi connectivity index (χ3v) is 4.70. The van der Waals surface area contributed by atoms with Gasteiger partial charge in [-0.1, -0.05) is 52.3 Å². The Labute approximate surface area is 132 Å². The van der Waals surface area contributed by atoms with Gasteiger partial charge >= 0.3 is 0 Å². The number of hydrogen-bond acceptors (Lipinski definition) is 2. The van der Waals surface area contributed by atoms with Crippen LogP contribution in [0.5, 0.6) is 0 Å². The molecule has 2 unspecified atom stereocenters. The molecule has 0 bridgehead atoms. The number of nitrogens with one attached hydrogen (secondary N) is 1. The van der Waals surface area contributed by atoms with Crippen molar-refractivity contribution in [2.45, 2.75) is 46.7 Å². The fourth-order valence-electron chi connectivity index (χ4n) is 2.94. The van der Waals surface area contributed by atoms with E-state index in [-0.39, 0.29) is 22.3 Å². The molecule has 21 heavy (non-hydrogen) atoms. The molecule has 118 valence electrons. The number of benzene rings is 1. The lowest BCUT2D eigenvalue weighted by atomic mass is 9.83. The third kappa shape index (κ3) is 3.51. The van der Waals surface area contributed by atoms with Gasteiger partial charge in [-0.05, 0) is 23.5 Å². The number of nitrogens with zero attached hydrogens (tertiary/aromatic N) is 1. The Morgan fingerprint density at radius 2 is 2.00 bits per heavy atom. The third-order valence-electron chi connectivity index (χ3n) is 4.41. The van der Waals surface area contributed by atoms with E-state index in [1.165, 1.54) is 0 Å². The maximum atomic E-state index is 14.5. The van der Waals surface area contributed by atoms with Crippen molar-refractivity contribution in [3.63, 3.8) is 0 Å². The van der Waals surface area contributed by atoms with E-state index in [0.717, 1.165) is 13.1 Å². The van der Waals surface area contributed by atoms with Crippen molar-refractivity contribution in [1.29, 1.82) is 0 Å². The van der Waals surface area contributed by atoms with Crippen LogP contribution in [0.4, 0.5) is 10.1 Å². The molecule has 1 heterocycles. The molecule has 2 rings (SSSR count). The topological polar surface area (TPSA) is 15.3 Å². The molecular formula is C17H26ClFN2. The largest absolute Gasteiger partial charge is 0.363 e. The van der Waals surface area contributed by atoms with Crippen LogP contribution in [0.15, 0.2) is 18.2 Å². The maximum absolute atomic E-state index is 14.5. The first-order chi connectivity index (χ1) is 9.71. The summed E-state index contributed by atoms with van der Waals surface area (Å²) in [6, 6.07) is 5.87. The Balaban J connectivity index is 2.36. The molecule has 1 N–H and O–H groups in total. The van der Waals surface area contributed by atoms with Crippen molar-refractivity contribution in [2.75, 3.05) is 18.0 Å². The molecule has 1 aromatic carbocycles. The second-order valence-electron chi connectivity index (χ2n) is 7.36. The zero-order valence-corrected chi connectivity index (χ0v) is 14.3. The first kappa shape index (κ1) is 16.6. The van der Waals surface area contributed by atoms with Crippen LogP contribution in [-0.2, 0) is 0 Å². The molecule has 4 heteroatoms. The van der Waals surface area contributed by atoms with Crippen molar-refractivity contribution in [3.8, 4) is 0 Å². The van der Waals surface area contributed by atoms with Crippen LogP contribution in [-0.4, -0.2) is 25.2 Å². The molecule has 1 fully saturated rings. The molecule has 1 aliphatic heterocycles. The monoisotopic (exact) mass is 312 g/mol. The van der Waals surface area contributed by atoms with Gasteiger partial charge in [0, 0.05) is 25.2 Å². The van der Waals surface area contributed by atoms with E-state index in [2.05, 4.69) is 44.8 Å². The van der Waals surface area contributed by atoms with Gasteiger partial charge in [-0.3, -0.25) is 0 Å². The highest BCUT2D eigenvalue weighted by Crippen LogP contribution is 2.33. The van der Waals surface area contributed by atoms with Gasteiger partial charge in [-0.15, -0.1) is 0 Å². The smallest absolute Gasteiger partial charge is 0.165 e. The zero-order chi connectivity index (χ0) is 15.8. The molecular weight excluding hydrogens is 287 g/mol. The van der Waals surface area contributed by atoms with Crippen LogP contribution < -0.4 is 10.2 Å². The summed E-state index contributed by atoms with van der Waals surface area (Å²) in [7, 11) is 0. The Hall–Kier alpha value is -0.800. The summed E-state index contributed by atoms with van der Waals surface area (Å²) >= 11 is 5.97. The molecule has 0 aliphatic carbocycles. The lowest BCUT2D eigenvalue weighted by Gasteiger charge is -2.47. The normalized spacial score (nSPS) is 23.7. The van der Waals surface area contributed by atoms with Crippen molar-refractivity contribution in [2.24, 2.45) is 11.3 Å². The van der Waals surface area contributed by atoms with E-state index < -0.39 is 0 Å². The van der Waals surface area contributed by atoms with Gasteiger partial charge in [-0.2, -0.15) is 0 Å². The molecule has 0 amide bonds. The summed E-state index contributed by atoms with van der Waals surface area (Å²) in [5.41, 5.74) is 0.756. The Kier molecular flexibility index (Phi) is 4.84. The highest BCUT2D eigenvalue weighted by Gasteiger charge is 2.36. The van der Waals surface area contributed by atoms with Crippen LogP contribution in [0.3, 0.4) is 0 Å². The van der Waals surface area contributed by atoms with Crippen LogP contribution in [0, 0.1) is 17.2 Å². The van der Waals surface area contributed by atoms with E-state index in [0.29, 0.717) is 17.6 Å². The molecule has 0 radical (unpaired) electrons. The average Bonchev–Trinajstić information content (AvgIpc) is 2.40. The van der Waals surface area contributed by atoms with Crippen LogP contribution in [0.1, 0.15) is 34.6 Å². The predicted octanol–water partition coefficient (Wildman–Crippen LogP) is 4.33. The number of piperazine rings is 1. The molecule has 1 aliphatic rings. The van der Waals surface area contributed by atoms with Crippen LogP contribution in [0.2, 0.25) is 5.02 Å². The fraction of sp³-hybridized carbons (Fsp3) is 0.647. The van der Waals surface area contributed by atoms with Crippen molar-refractivity contribution < 1.29 is 4.39 Å². The van der Waals surface area contributed by atoms with E-state index in [9.17, 15) is 4.39 Å². The highest BCUT2D eigenvalue weighted by atomic mass is 35.5. The Morgan fingerprint density at radius 1 is 1.33 bits per heavy atom. The Morgan fingerprint density at radius 3 is 2.57 bits per heavy atom. The first-order valence-electron chi connectivity index (χ1n) is 7.66. The number of anilines is 1. The van der Waals surface area contributed by atoms with E-state index in [4.69, 9.17) is 11.6 Å². The molecule has 0 aromatic heterocycles. The summed E-state index contributed by atoms with van der Waals surface area (Å²) in [4.78, 5) is 2.19. The summed E-state index contributed by atoms with van der Waals surface area (Å²) in [5.74, 6) is 0.135. The van der Waals surface area contributed by atoms with E-state index in [1.807, 2.05) is 12.1 Å². The van der Waals surface area contributed by atoms with Crippen molar-refractivity contribution in [1.82, 2.24) is 5.32 Å².